The van der Waals surface area contributed by atoms with E-state index in [0.717, 1.165) is 12.8 Å². The van der Waals surface area contributed by atoms with E-state index in [0.29, 0.717) is 6.61 Å². The molecule has 1 N–H and O–H groups in total. The molecule has 0 aliphatic heterocycles. The number of carbonyl (C=O) groups is 2. The van der Waals surface area contributed by atoms with Crippen LogP contribution in [0.4, 0.5) is 4.79 Å². The Morgan fingerprint density at radius 3 is 2.67 bits per heavy atom. The van der Waals surface area contributed by atoms with E-state index in [1.54, 1.807) is 0 Å². The highest BCUT2D eigenvalue weighted by Crippen LogP contribution is 1.93. The monoisotopic (exact) mass is 215 g/mol. The van der Waals surface area contributed by atoms with E-state index in [9.17, 15) is 9.59 Å². The van der Waals surface area contributed by atoms with Crippen molar-refractivity contribution in [3.8, 4) is 0 Å². The number of ether oxygens (including phenoxy) is 2. The van der Waals surface area contributed by atoms with Gasteiger partial charge in [-0.2, -0.15) is 0 Å². The fraction of sp³-hybridized carbons (Fsp3) is 0.600. The zero-order valence-electron chi connectivity index (χ0n) is 9.12. The largest absolute Gasteiger partial charge is 0.467 e. The van der Waals surface area contributed by atoms with E-state index in [1.165, 1.54) is 13.2 Å². The molecule has 0 spiro atoms. The van der Waals surface area contributed by atoms with Crippen LogP contribution in [-0.2, 0) is 14.3 Å². The van der Waals surface area contributed by atoms with Crippen LogP contribution >= 0.6 is 0 Å². The third kappa shape index (κ3) is 5.72. The molecule has 0 radical (unpaired) electrons. The van der Waals surface area contributed by atoms with Gasteiger partial charge in [-0.05, 0) is 6.42 Å². The van der Waals surface area contributed by atoms with Gasteiger partial charge in [0.15, 0.2) is 0 Å². The van der Waals surface area contributed by atoms with Crippen molar-refractivity contribution in [3.05, 3.63) is 12.7 Å². The molecule has 0 aliphatic carbocycles. The van der Waals surface area contributed by atoms with Crippen molar-refractivity contribution in [2.45, 2.75) is 25.8 Å². The highest BCUT2D eigenvalue weighted by atomic mass is 16.6. The Labute approximate surface area is 89.4 Å². The van der Waals surface area contributed by atoms with Gasteiger partial charge in [0, 0.05) is 0 Å². The molecule has 0 bridgehead atoms. The van der Waals surface area contributed by atoms with Crippen molar-refractivity contribution in [1.82, 2.24) is 5.32 Å². The Morgan fingerprint density at radius 2 is 2.20 bits per heavy atom. The molecular formula is C10H17NO4. The summed E-state index contributed by atoms with van der Waals surface area (Å²) in [7, 11) is 1.24. The number of alkyl carbamates (subject to hydrolysis) is 1. The quantitative estimate of drug-likeness (QED) is 0.411. The smallest absolute Gasteiger partial charge is 0.408 e. The number of esters is 1. The topological polar surface area (TPSA) is 64.6 Å². The van der Waals surface area contributed by atoms with Crippen molar-refractivity contribution >= 4 is 12.1 Å². The van der Waals surface area contributed by atoms with Gasteiger partial charge in [0.25, 0.3) is 0 Å². The van der Waals surface area contributed by atoms with Crippen molar-refractivity contribution < 1.29 is 19.1 Å². The summed E-state index contributed by atoms with van der Waals surface area (Å²) in [6.07, 6.45) is 2.38. The second-order valence-electron chi connectivity index (χ2n) is 2.87. The Bertz CT molecular complexity index is 227. The summed E-state index contributed by atoms with van der Waals surface area (Å²) in [4.78, 5) is 22.2. The molecule has 1 unspecified atom stereocenters. The highest BCUT2D eigenvalue weighted by molar-refractivity contribution is 5.82. The fourth-order valence-corrected chi connectivity index (χ4v) is 0.819. The SMILES string of the molecule is C=CC(NC(=O)OCCCC)C(=O)OC. The van der Waals surface area contributed by atoms with Crippen molar-refractivity contribution in [2.75, 3.05) is 13.7 Å². The fourth-order valence-electron chi connectivity index (χ4n) is 0.819. The summed E-state index contributed by atoms with van der Waals surface area (Å²) in [5.74, 6) is -0.572. The molecule has 0 aromatic heterocycles. The Balaban J connectivity index is 3.91. The predicted octanol–water partition coefficient (Wildman–Crippen LogP) is 1.24. The van der Waals surface area contributed by atoms with Crippen molar-refractivity contribution in [3.63, 3.8) is 0 Å². The minimum absolute atomic E-state index is 0.341. The number of amides is 1. The third-order valence-electron chi connectivity index (χ3n) is 1.70. The first-order valence-corrected chi connectivity index (χ1v) is 4.79. The number of carbonyl (C=O) groups excluding carboxylic acids is 2. The average molecular weight is 215 g/mol. The van der Waals surface area contributed by atoms with Gasteiger partial charge in [-0.1, -0.05) is 19.4 Å². The number of methoxy groups -OCH3 is 1. The van der Waals surface area contributed by atoms with E-state index in [1.807, 2.05) is 6.92 Å². The van der Waals surface area contributed by atoms with Gasteiger partial charge in [0.1, 0.15) is 6.04 Å². The zero-order valence-corrected chi connectivity index (χ0v) is 9.12. The summed E-state index contributed by atoms with van der Waals surface area (Å²) in [5, 5.41) is 2.32. The lowest BCUT2D eigenvalue weighted by molar-refractivity contribution is -0.141. The minimum atomic E-state index is -0.857. The summed E-state index contributed by atoms with van der Waals surface area (Å²) >= 11 is 0. The molecule has 0 heterocycles. The van der Waals surface area contributed by atoms with Crippen LogP contribution in [0.25, 0.3) is 0 Å². The van der Waals surface area contributed by atoms with Gasteiger partial charge < -0.3 is 14.8 Å². The van der Waals surface area contributed by atoms with Crippen LogP contribution in [0.15, 0.2) is 12.7 Å². The van der Waals surface area contributed by atoms with Gasteiger partial charge in [-0.25, -0.2) is 9.59 Å². The minimum Gasteiger partial charge on any atom is -0.467 e. The Kier molecular flexibility index (Phi) is 7.05. The van der Waals surface area contributed by atoms with E-state index < -0.39 is 18.1 Å². The highest BCUT2D eigenvalue weighted by Gasteiger charge is 2.17. The first-order valence-electron chi connectivity index (χ1n) is 4.79. The molecule has 0 saturated carbocycles. The molecule has 0 aliphatic rings. The number of rotatable bonds is 6. The average Bonchev–Trinajstić information content (AvgIpc) is 2.25. The molecule has 15 heavy (non-hydrogen) atoms. The maximum atomic E-state index is 11.1. The van der Waals surface area contributed by atoms with Gasteiger partial charge in [-0.3, -0.25) is 0 Å². The van der Waals surface area contributed by atoms with E-state index in [2.05, 4.69) is 16.6 Å². The lowest BCUT2D eigenvalue weighted by atomic mass is 10.3. The molecule has 0 aromatic carbocycles. The van der Waals surface area contributed by atoms with Crippen LogP contribution in [0.3, 0.4) is 0 Å². The first kappa shape index (κ1) is 13.5. The maximum Gasteiger partial charge on any atom is 0.408 e. The van der Waals surface area contributed by atoms with Gasteiger partial charge in [0.05, 0.1) is 13.7 Å². The molecular weight excluding hydrogens is 198 g/mol. The van der Waals surface area contributed by atoms with Gasteiger partial charge >= 0.3 is 12.1 Å². The van der Waals surface area contributed by atoms with Crippen LogP contribution in [0.5, 0.6) is 0 Å². The molecule has 0 fully saturated rings. The Hall–Kier alpha value is -1.52. The second-order valence-corrected chi connectivity index (χ2v) is 2.87. The van der Waals surface area contributed by atoms with E-state index >= 15 is 0 Å². The normalized spacial score (nSPS) is 11.3. The predicted molar refractivity (Wildman–Crippen MR) is 55.4 cm³/mol. The summed E-state index contributed by atoms with van der Waals surface area (Å²) in [6.45, 7) is 5.74. The molecule has 1 atom stereocenters. The first-order chi connectivity index (χ1) is 7.15. The molecule has 1 amide bonds. The van der Waals surface area contributed by atoms with Crippen molar-refractivity contribution in [1.29, 1.82) is 0 Å². The third-order valence-corrected chi connectivity index (χ3v) is 1.70. The van der Waals surface area contributed by atoms with E-state index in [4.69, 9.17) is 4.74 Å². The number of hydrogen-bond donors (Lipinski definition) is 1. The Morgan fingerprint density at radius 1 is 1.53 bits per heavy atom. The number of nitrogens with one attached hydrogen (secondary N) is 1. The van der Waals surface area contributed by atoms with Crippen LogP contribution in [0, 0.1) is 0 Å². The lowest BCUT2D eigenvalue weighted by Gasteiger charge is -2.12. The van der Waals surface area contributed by atoms with Crippen LogP contribution < -0.4 is 5.32 Å². The molecule has 5 nitrogen and oxygen atoms in total. The molecule has 86 valence electrons. The van der Waals surface area contributed by atoms with Gasteiger partial charge in [0.2, 0.25) is 0 Å². The van der Waals surface area contributed by atoms with Crippen LogP contribution in [0.2, 0.25) is 0 Å². The summed E-state index contributed by atoms with van der Waals surface area (Å²) in [5.41, 5.74) is 0. The molecule has 0 aromatic rings. The zero-order chi connectivity index (χ0) is 11.7. The van der Waals surface area contributed by atoms with Gasteiger partial charge in [-0.15, -0.1) is 6.58 Å². The van der Waals surface area contributed by atoms with Crippen molar-refractivity contribution in [2.24, 2.45) is 0 Å². The maximum absolute atomic E-state index is 11.1. The standard InChI is InChI=1S/C10H17NO4/c1-4-6-7-15-10(13)11-8(5-2)9(12)14-3/h5,8H,2,4,6-7H2,1,3H3,(H,11,13). The lowest BCUT2D eigenvalue weighted by Crippen LogP contribution is -2.40. The molecule has 0 rings (SSSR count). The van der Waals surface area contributed by atoms with Crippen LogP contribution in [-0.4, -0.2) is 31.8 Å². The molecule has 5 heteroatoms. The number of unbranched alkanes of at least 4 members (excludes halogenated alkanes) is 1. The van der Waals surface area contributed by atoms with Crippen LogP contribution in [0.1, 0.15) is 19.8 Å². The summed E-state index contributed by atoms with van der Waals surface area (Å²) < 4.78 is 9.25. The second kappa shape index (κ2) is 7.84. The molecule has 0 saturated heterocycles. The number of hydrogen-bond acceptors (Lipinski definition) is 4. The van der Waals surface area contributed by atoms with E-state index in [-0.39, 0.29) is 0 Å². The summed E-state index contributed by atoms with van der Waals surface area (Å²) in [6, 6.07) is -0.857.